The molecule has 1 unspecified atom stereocenters. The van der Waals surface area contributed by atoms with Crippen LogP contribution in [0.1, 0.15) is 6.92 Å². The van der Waals surface area contributed by atoms with E-state index < -0.39 is 0 Å². The molecule has 0 aromatic rings. The lowest BCUT2D eigenvalue weighted by Gasteiger charge is -2.29. The molecular weight excluding hydrogens is 178 g/mol. The summed E-state index contributed by atoms with van der Waals surface area (Å²) in [5, 5.41) is 6.19. The molecular formula is C10H17N3O. The lowest BCUT2D eigenvalue weighted by Crippen LogP contribution is -2.52. The van der Waals surface area contributed by atoms with Crippen LogP contribution in [0.25, 0.3) is 0 Å². The fourth-order valence-electron chi connectivity index (χ4n) is 1.46. The summed E-state index contributed by atoms with van der Waals surface area (Å²) in [6.07, 6.45) is 5.11. The summed E-state index contributed by atoms with van der Waals surface area (Å²) in [7, 11) is 0. The van der Waals surface area contributed by atoms with E-state index in [1.807, 2.05) is 11.8 Å². The maximum Gasteiger partial charge on any atom is 0.239 e. The molecule has 0 aliphatic carbocycles. The van der Waals surface area contributed by atoms with Crippen LogP contribution in [0.2, 0.25) is 0 Å². The lowest BCUT2D eigenvalue weighted by atomic mass is 10.2. The number of rotatable bonds is 3. The molecule has 1 rings (SSSR count). The topological polar surface area (TPSA) is 44.4 Å². The van der Waals surface area contributed by atoms with Crippen LogP contribution in [0.3, 0.4) is 0 Å². The number of nitrogens with one attached hydrogen (secondary N) is 2. The van der Waals surface area contributed by atoms with Crippen LogP contribution in [-0.4, -0.2) is 49.6 Å². The Bertz CT molecular complexity index is 228. The van der Waals surface area contributed by atoms with Crippen molar-refractivity contribution in [1.29, 1.82) is 0 Å². The van der Waals surface area contributed by atoms with Crippen molar-refractivity contribution in [2.75, 3.05) is 32.7 Å². The summed E-state index contributed by atoms with van der Waals surface area (Å²) in [6.45, 7) is 5.64. The van der Waals surface area contributed by atoms with Crippen molar-refractivity contribution >= 4 is 5.91 Å². The molecule has 1 fully saturated rings. The number of hydrogen-bond acceptors (Lipinski definition) is 3. The van der Waals surface area contributed by atoms with Gasteiger partial charge >= 0.3 is 0 Å². The number of nitrogens with zero attached hydrogens (tertiary/aromatic N) is 1. The quantitative estimate of drug-likeness (QED) is 0.570. The first kappa shape index (κ1) is 11.0. The Morgan fingerprint density at radius 1 is 1.64 bits per heavy atom. The van der Waals surface area contributed by atoms with E-state index in [0.29, 0.717) is 6.54 Å². The zero-order chi connectivity index (χ0) is 10.4. The molecule has 1 heterocycles. The first-order valence-electron chi connectivity index (χ1n) is 4.92. The predicted molar refractivity (Wildman–Crippen MR) is 55.7 cm³/mol. The van der Waals surface area contributed by atoms with Crippen molar-refractivity contribution < 1.29 is 4.79 Å². The third-order valence-corrected chi connectivity index (χ3v) is 2.31. The van der Waals surface area contributed by atoms with Crippen LogP contribution in [0, 0.1) is 12.3 Å². The zero-order valence-electron chi connectivity index (χ0n) is 8.55. The van der Waals surface area contributed by atoms with Gasteiger partial charge in [-0.25, -0.2) is 0 Å². The van der Waals surface area contributed by atoms with Gasteiger partial charge in [0.25, 0.3) is 0 Å². The molecule has 4 heteroatoms. The minimum atomic E-state index is -0.177. The first-order valence-corrected chi connectivity index (χ1v) is 4.92. The molecule has 0 radical (unpaired) electrons. The van der Waals surface area contributed by atoms with Crippen molar-refractivity contribution in [3.05, 3.63) is 0 Å². The van der Waals surface area contributed by atoms with E-state index in [0.717, 1.165) is 26.2 Å². The highest BCUT2D eigenvalue weighted by Crippen LogP contribution is 1.97. The molecule has 0 aromatic heterocycles. The molecule has 4 nitrogen and oxygen atoms in total. The van der Waals surface area contributed by atoms with E-state index in [4.69, 9.17) is 6.42 Å². The lowest BCUT2D eigenvalue weighted by molar-refractivity contribution is -0.133. The SMILES string of the molecule is C#CCNC(C)C(=O)N1CCNCC1. The highest BCUT2D eigenvalue weighted by Gasteiger charge is 2.20. The third kappa shape index (κ3) is 3.02. The molecule has 1 aliphatic rings. The van der Waals surface area contributed by atoms with Crippen molar-refractivity contribution in [2.45, 2.75) is 13.0 Å². The number of piperazine rings is 1. The Kier molecular flexibility index (Phi) is 4.44. The van der Waals surface area contributed by atoms with Gasteiger partial charge in [0, 0.05) is 26.2 Å². The molecule has 1 saturated heterocycles. The average molecular weight is 195 g/mol. The highest BCUT2D eigenvalue weighted by molar-refractivity contribution is 5.81. The fourth-order valence-corrected chi connectivity index (χ4v) is 1.46. The summed E-state index contributed by atoms with van der Waals surface area (Å²) in [6, 6.07) is -0.177. The Labute approximate surface area is 85.0 Å². The standard InChI is InChI=1S/C10H17N3O/c1-3-4-12-9(2)10(14)13-7-5-11-6-8-13/h1,9,11-12H,4-8H2,2H3. The first-order chi connectivity index (χ1) is 6.75. The zero-order valence-corrected chi connectivity index (χ0v) is 8.55. The van der Waals surface area contributed by atoms with E-state index in [1.165, 1.54) is 0 Å². The van der Waals surface area contributed by atoms with E-state index in [1.54, 1.807) is 0 Å². The molecule has 1 atom stereocenters. The minimum absolute atomic E-state index is 0.141. The minimum Gasteiger partial charge on any atom is -0.339 e. The second kappa shape index (κ2) is 5.63. The summed E-state index contributed by atoms with van der Waals surface area (Å²) in [5.41, 5.74) is 0. The van der Waals surface area contributed by atoms with Crippen LogP contribution in [0.15, 0.2) is 0 Å². The smallest absolute Gasteiger partial charge is 0.239 e. The molecule has 1 amide bonds. The van der Waals surface area contributed by atoms with Crippen molar-refractivity contribution in [3.63, 3.8) is 0 Å². The molecule has 2 N–H and O–H groups in total. The molecule has 1 aliphatic heterocycles. The van der Waals surface area contributed by atoms with Gasteiger partial charge in [-0.05, 0) is 6.92 Å². The third-order valence-electron chi connectivity index (χ3n) is 2.31. The van der Waals surface area contributed by atoms with E-state index in [9.17, 15) is 4.79 Å². The van der Waals surface area contributed by atoms with Gasteiger partial charge in [0.15, 0.2) is 0 Å². The number of terminal acetylenes is 1. The number of carbonyl (C=O) groups excluding carboxylic acids is 1. The van der Waals surface area contributed by atoms with Gasteiger partial charge in [-0.2, -0.15) is 0 Å². The maximum atomic E-state index is 11.8. The van der Waals surface area contributed by atoms with E-state index in [2.05, 4.69) is 16.6 Å². The van der Waals surface area contributed by atoms with Gasteiger partial charge in [0.05, 0.1) is 12.6 Å². The van der Waals surface area contributed by atoms with Gasteiger partial charge in [0.2, 0.25) is 5.91 Å². The van der Waals surface area contributed by atoms with Crippen molar-refractivity contribution in [1.82, 2.24) is 15.5 Å². The summed E-state index contributed by atoms with van der Waals surface area (Å²) in [4.78, 5) is 13.6. The number of hydrogen-bond donors (Lipinski definition) is 2. The second-order valence-electron chi connectivity index (χ2n) is 3.38. The predicted octanol–water partition coefficient (Wildman–Crippen LogP) is -0.970. The van der Waals surface area contributed by atoms with Crippen LogP contribution in [-0.2, 0) is 4.79 Å². The van der Waals surface area contributed by atoms with Crippen LogP contribution in [0.5, 0.6) is 0 Å². The second-order valence-corrected chi connectivity index (χ2v) is 3.38. The summed E-state index contributed by atoms with van der Waals surface area (Å²) in [5.74, 6) is 2.60. The van der Waals surface area contributed by atoms with Crippen LogP contribution in [0.4, 0.5) is 0 Å². The van der Waals surface area contributed by atoms with Crippen LogP contribution >= 0.6 is 0 Å². The Morgan fingerprint density at radius 3 is 2.86 bits per heavy atom. The largest absolute Gasteiger partial charge is 0.339 e. The van der Waals surface area contributed by atoms with Crippen molar-refractivity contribution in [2.24, 2.45) is 0 Å². The molecule has 0 saturated carbocycles. The molecule has 78 valence electrons. The highest BCUT2D eigenvalue weighted by atomic mass is 16.2. The Hall–Kier alpha value is -1.05. The average Bonchev–Trinajstić information content (AvgIpc) is 2.26. The normalized spacial score (nSPS) is 18.7. The number of carbonyl (C=O) groups is 1. The fraction of sp³-hybridized carbons (Fsp3) is 0.700. The summed E-state index contributed by atoms with van der Waals surface area (Å²) >= 11 is 0. The van der Waals surface area contributed by atoms with Crippen LogP contribution < -0.4 is 10.6 Å². The van der Waals surface area contributed by atoms with Gasteiger partial charge in [-0.1, -0.05) is 5.92 Å². The molecule has 0 aromatic carbocycles. The monoisotopic (exact) mass is 195 g/mol. The van der Waals surface area contributed by atoms with Gasteiger partial charge in [0.1, 0.15) is 0 Å². The summed E-state index contributed by atoms with van der Waals surface area (Å²) < 4.78 is 0. The molecule has 14 heavy (non-hydrogen) atoms. The number of amides is 1. The Morgan fingerprint density at radius 2 is 2.29 bits per heavy atom. The van der Waals surface area contributed by atoms with Gasteiger partial charge < -0.3 is 10.2 Å². The van der Waals surface area contributed by atoms with E-state index >= 15 is 0 Å². The van der Waals surface area contributed by atoms with Gasteiger partial charge in [-0.15, -0.1) is 6.42 Å². The van der Waals surface area contributed by atoms with Gasteiger partial charge in [-0.3, -0.25) is 10.1 Å². The Balaban J connectivity index is 2.35. The molecule has 0 spiro atoms. The van der Waals surface area contributed by atoms with Crippen molar-refractivity contribution in [3.8, 4) is 12.3 Å². The molecule has 0 bridgehead atoms. The maximum absolute atomic E-state index is 11.8. The van der Waals surface area contributed by atoms with E-state index in [-0.39, 0.29) is 11.9 Å².